The Balaban J connectivity index is 2.14. The predicted molar refractivity (Wildman–Crippen MR) is 127 cm³/mol. The van der Waals surface area contributed by atoms with Gasteiger partial charge < -0.3 is 10.2 Å². The number of nitrogens with one attached hydrogen (secondary N) is 1. The van der Waals surface area contributed by atoms with E-state index in [-0.39, 0.29) is 23.4 Å². The van der Waals surface area contributed by atoms with Crippen LogP contribution in [-0.4, -0.2) is 34.0 Å². The number of hydrogen-bond acceptors (Lipinski definition) is 3. The molecule has 2 rings (SSSR count). The van der Waals surface area contributed by atoms with Crippen LogP contribution in [0, 0.1) is 5.82 Å². The fraction of sp³-hybridized carbons (Fsp3) is 0.417. The molecule has 7 heteroatoms. The van der Waals surface area contributed by atoms with Gasteiger partial charge in [-0.25, -0.2) is 4.39 Å². The molecule has 0 aliphatic rings. The zero-order valence-electron chi connectivity index (χ0n) is 18.5. The van der Waals surface area contributed by atoms with Gasteiger partial charge in [0.1, 0.15) is 11.9 Å². The quantitative estimate of drug-likeness (QED) is 0.538. The number of rotatable bonds is 9. The number of carbonyl (C=O) groups excluding carboxylic acids is 2. The van der Waals surface area contributed by atoms with E-state index in [4.69, 9.17) is 11.6 Å². The Labute approximate surface area is 193 Å². The van der Waals surface area contributed by atoms with Gasteiger partial charge >= 0.3 is 0 Å². The lowest BCUT2D eigenvalue weighted by molar-refractivity contribution is -0.140. The Morgan fingerprint density at radius 3 is 2.19 bits per heavy atom. The van der Waals surface area contributed by atoms with Crippen LogP contribution < -0.4 is 5.32 Å². The Morgan fingerprint density at radius 2 is 1.65 bits per heavy atom. The molecule has 1 atom stereocenters. The molecule has 1 N–H and O–H groups in total. The van der Waals surface area contributed by atoms with Crippen molar-refractivity contribution < 1.29 is 14.0 Å². The van der Waals surface area contributed by atoms with Crippen molar-refractivity contribution in [2.45, 2.75) is 58.0 Å². The molecule has 2 aromatic rings. The molecule has 0 aliphatic heterocycles. The average Bonchev–Trinajstić information content (AvgIpc) is 2.69. The molecular weight excluding hydrogens is 435 g/mol. The monoisotopic (exact) mass is 464 g/mol. The summed E-state index contributed by atoms with van der Waals surface area (Å²) in [6.45, 7) is 7.98. The highest BCUT2D eigenvalue weighted by molar-refractivity contribution is 7.99. The molecule has 0 aliphatic carbocycles. The number of carbonyl (C=O) groups is 2. The number of amides is 2. The minimum absolute atomic E-state index is 0.113. The van der Waals surface area contributed by atoms with Crippen LogP contribution >= 0.6 is 23.4 Å². The summed E-state index contributed by atoms with van der Waals surface area (Å²) in [4.78, 5) is 27.7. The van der Waals surface area contributed by atoms with Gasteiger partial charge in [0.05, 0.1) is 5.75 Å². The van der Waals surface area contributed by atoms with E-state index < -0.39 is 11.6 Å². The molecule has 168 valence electrons. The summed E-state index contributed by atoms with van der Waals surface area (Å²) in [7, 11) is 0. The first kappa shape index (κ1) is 25.2. The van der Waals surface area contributed by atoms with Gasteiger partial charge in [0.25, 0.3) is 0 Å². The molecule has 0 bridgehead atoms. The zero-order chi connectivity index (χ0) is 23.0. The molecule has 0 radical (unpaired) electrons. The summed E-state index contributed by atoms with van der Waals surface area (Å²) in [5, 5.41) is 3.61. The summed E-state index contributed by atoms with van der Waals surface area (Å²) >= 11 is 7.44. The van der Waals surface area contributed by atoms with Crippen molar-refractivity contribution in [2.75, 3.05) is 5.75 Å². The van der Waals surface area contributed by atoms with Gasteiger partial charge in [-0.05, 0) is 62.6 Å². The molecule has 0 saturated heterocycles. The van der Waals surface area contributed by atoms with E-state index in [0.717, 1.165) is 11.1 Å². The van der Waals surface area contributed by atoms with Crippen molar-refractivity contribution in [1.29, 1.82) is 0 Å². The van der Waals surface area contributed by atoms with Crippen molar-refractivity contribution in [3.05, 3.63) is 70.5 Å². The molecule has 31 heavy (non-hydrogen) atoms. The topological polar surface area (TPSA) is 49.4 Å². The van der Waals surface area contributed by atoms with Crippen LogP contribution in [0.1, 0.15) is 45.2 Å². The minimum Gasteiger partial charge on any atom is -0.350 e. The van der Waals surface area contributed by atoms with Crippen molar-refractivity contribution in [2.24, 2.45) is 0 Å². The second-order valence-electron chi connectivity index (χ2n) is 8.43. The zero-order valence-corrected chi connectivity index (χ0v) is 20.0. The van der Waals surface area contributed by atoms with Gasteiger partial charge in [0.15, 0.2) is 0 Å². The van der Waals surface area contributed by atoms with Crippen LogP contribution in [-0.2, 0) is 21.9 Å². The maximum absolute atomic E-state index is 13.2. The van der Waals surface area contributed by atoms with Crippen molar-refractivity contribution in [3.8, 4) is 0 Å². The normalized spacial score (nSPS) is 12.3. The van der Waals surface area contributed by atoms with Gasteiger partial charge in [-0.2, -0.15) is 0 Å². The van der Waals surface area contributed by atoms with E-state index >= 15 is 0 Å². The highest BCUT2D eigenvalue weighted by Gasteiger charge is 2.30. The highest BCUT2D eigenvalue weighted by Crippen LogP contribution is 2.19. The van der Waals surface area contributed by atoms with Gasteiger partial charge in [0.2, 0.25) is 11.8 Å². The fourth-order valence-corrected chi connectivity index (χ4v) is 4.08. The smallest absolute Gasteiger partial charge is 0.243 e. The Bertz CT molecular complexity index is 867. The van der Waals surface area contributed by atoms with Gasteiger partial charge in [-0.1, -0.05) is 42.8 Å². The maximum Gasteiger partial charge on any atom is 0.243 e. The first-order valence-electron chi connectivity index (χ1n) is 10.3. The summed E-state index contributed by atoms with van der Waals surface area (Å²) < 4.78 is 13.1. The van der Waals surface area contributed by atoms with Crippen LogP contribution in [0.5, 0.6) is 0 Å². The number of hydrogen-bond donors (Lipinski definition) is 1. The summed E-state index contributed by atoms with van der Waals surface area (Å²) in [5.74, 6) is 0.254. The summed E-state index contributed by atoms with van der Waals surface area (Å²) in [6.07, 6.45) is 0.504. The fourth-order valence-electron chi connectivity index (χ4n) is 3.08. The summed E-state index contributed by atoms with van der Waals surface area (Å²) in [5.41, 5.74) is 1.46. The van der Waals surface area contributed by atoms with Gasteiger partial charge in [-0.3, -0.25) is 9.59 Å². The third kappa shape index (κ3) is 8.54. The van der Waals surface area contributed by atoms with Crippen LogP contribution in [0.4, 0.5) is 4.39 Å². The molecule has 0 spiro atoms. The first-order chi connectivity index (χ1) is 14.6. The Morgan fingerprint density at radius 1 is 1.06 bits per heavy atom. The predicted octanol–water partition coefficient (Wildman–Crippen LogP) is 5.43. The lowest BCUT2D eigenvalue weighted by Gasteiger charge is -2.33. The number of halogens is 2. The van der Waals surface area contributed by atoms with Crippen LogP contribution in [0.3, 0.4) is 0 Å². The van der Waals surface area contributed by atoms with E-state index in [1.165, 1.54) is 23.9 Å². The maximum atomic E-state index is 13.2. The minimum atomic E-state index is -0.575. The number of thioether (sulfide) groups is 1. The van der Waals surface area contributed by atoms with E-state index in [1.54, 1.807) is 29.2 Å². The largest absolute Gasteiger partial charge is 0.350 e. The first-order valence-corrected chi connectivity index (χ1v) is 11.8. The average molecular weight is 465 g/mol. The molecule has 0 unspecified atom stereocenters. The molecule has 0 saturated carbocycles. The molecule has 0 heterocycles. The number of benzene rings is 2. The van der Waals surface area contributed by atoms with Crippen molar-refractivity contribution in [3.63, 3.8) is 0 Å². The Hall–Kier alpha value is -2.05. The van der Waals surface area contributed by atoms with Crippen LogP contribution in [0.25, 0.3) is 0 Å². The van der Waals surface area contributed by atoms with E-state index in [9.17, 15) is 14.0 Å². The molecule has 2 aromatic carbocycles. The second-order valence-corrected chi connectivity index (χ2v) is 9.85. The van der Waals surface area contributed by atoms with Gasteiger partial charge in [-0.15, -0.1) is 11.8 Å². The molecule has 0 aromatic heterocycles. The van der Waals surface area contributed by atoms with E-state index in [2.05, 4.69) is 5.32 Å². The number of nitrogens with zero attached hydrogens (tertiary/aromatic N) is 1. The Kier molecular flexibility index (Phi) is 9.38. The molecule has 4 nitrogen and oxygen atoms in total. The van der Waals surface area contributed by atoms with Crippen LogP contribution in [0.15, 0.2) is 48.5 Å². The molecule has 0 fully saturated rings. The van der Waals surface area contributed by atoms with Gasteiger partial charge in [0, 0.05) is 22.9 Å². The van der Waals surface area contributed by atoms with E-state index in [1.807, 2.05) is 39.8 Å². The van der Waals surface area contributed by atoms with Crippen molar-refractivity contribution >= 4 is 35.2 Å². The third-order valence-electron chi connectivity index (χ3n) is 4.56. The highest BCUT2D eigenvalue weighted by atomic mass is 35.5. The van der Waals surface area contributed by atoms with E-state index in [0.29, 0.717) is 23.7 Å². The third-order valence-corrected chi connectivity index (χ3v) is 5.80. The molecular formula is C24H30ClFN2O2S. The SMILES string of the molecule is CC[C@@H](C(=O)NC(C)(C)C)N(Cc1ccc(Cl)cc1)C(=O)CSCc1ccc(F)cc1. The summed E-state index contributed by atoms with van der Waals surface area (Å²) in [6, 6.07) is 13.0. The molecule has 2 amide bonds. The van der Waals surface area contributed by atoms with Crippen molar-refractivity contribution in [1.82, 2.24) is 10.2 Å². The standard InChI is InChI=1S/C24H30ClFN2O2S/c1-5-21(23(30)27-24(2,3)4)28(14-17-6-10-19(25)11-7-17)22(29)16-31-15-18-8-12-20(26)13-9-18/h6-13,21H,5,14-16H2,1-4H3,(H,27,30)/t21-/m0/s1. The lowest BCUT2D eigenvalue weighted by atomic mass is 10.1. The lowest BCUT2D eigenvalue weighted by Crippen LogP contribution is -2.53. The second kappa shape index (κ2) is 11.5. The van der Waals surface area contributed by atoms with Crippen LogP contribution in [0.2, 0.25) is 5.02 Å².